The third-order valence-electron chi connectivity index (χ3n) is 3.57. The molecule has 0 aromatic heterocycles. The van der Waals surface area contributed by atoms with Gasteiger partial charge in [0.15, 0.2) is 0 Å². The summed E-state index contributed by atoms with van der Waals surface area (Å²) in [4.78, 5) is 13.3. The van der Waals surface area contributed by atoms with E-state index in [0.29, 0.717) is 6.42 Å². The summed E-state index contributed by atoms with van der Waals surface area (Å²) in [5.41, 5.74) is 6.87. The summed E-state index contributed by atoms with van der Waals surface area (Å²) in [5, 5.41) is 3.01. The van der Waals surface area contributed by atoms with Crippen molar-refractivity contribution in [3.05, 3.63) is 24.3 Å². The molecule has 1 aromatic rings. The van der Waals surface area contributed by atoms with Gasteiger partial charge < -0.3 is 11.1 Å². The van der Waals surface area contributed by atoms with Gasteiger partial charge in [-0.05, 0) is 30.7 Å². The lowest BCUT2D eigenvalue weighted by molar-refractivity contribution is -0.117. The van der Waals surface area contributed by atoms with E-state index in [4.69, 9.17) is 5.73 Å². The van der Waals surface area contributed by atoms with Crippen LogP contribution in [0.1, 0.15) is 39.0 Å². The maximum Gasteiger partial charge on any atom is 0.226 e. The fraction of sp³-hybridized carbons (Fsp3) is 0.533. The molecule has 3 nitrogen and oxygen atoms in total. The lowest BCUT2D eigenvalue weighted by atomic mass is 9.94. The molecule has 0 aliphatic heterocycles. The Morgan fingerprint density at radius 2 is 2.05 bits per heavy atom. The Bertz CT molecular complexity index is 442. The van der Waals surface area contributed by atoms with E-state index in [0.717, 1.165) is 42.0 Å². The molecular weight excluding hydrogens is 256 g/mol. The van der Waals surface area contributed by atoms with Gasteiger partial charge in [-0.25, -0.2) is 0 Å². The zero-order chi connectivity index (χ0) is 13.7. The topological polar surface area (TPSA) is 55.1 Å². The first kappa shape index (κ1) is 14.4. The van der Waals surface area contributed by atoms with Crippen molar-refractivity contribution in [1.29, 1.82) is 0 Å². The molecule has 2 rings (SSSR count). The largest absolute Gasteiger partial charge is 0.325 e. The van der Waals surface area contributed by atoms with Gasteiger partial charge >= 0.3 is 0 Å². The molecule has 104 valence electrons. The molecule has 1 aliphatic rings. The van der Waals surface area contributed by atoms with E-state index >= 15 is 0 Å². The first-order valence-electron chi connectivity index (χ1n) is 6.93. The van der Waals surface area contributed by atoms with Gasteiger partial charge in [-0.1, -0.05) is 31.9 Å². The lowest BCUT2D eigenvalue weighted by Gasteiger charge is -2.22. The minimum absolute atomic E-state index is 0.0357. The average Bonchev–Trinajstić information content (AvgIpc) is 2.78. The highest BCUT2D eigenvalue weighted by atomic mass is 32.2. The maximum atomic E-state index is 12.1. The van der Waals surface area contributed by atoms with Gasteiger partial charge in [-0.15, -0.1) is 11.8 Å². The number of hydrogen-bond acceptors (Lipinski definition) is 3. The number of para-hydroxylation sites is 1. The smallest absolute Gasteiger partial charge is 0.226 e. The van der Waals surface area contributed by atoms with Gasteiger partial charge in [0, 0.05) is 16.9 Å². The number of carbonyl (C=O) groups excluding carboxylic acids is 1. The molecule has 3 N–H and O–H groups in total. The van der Waals surface area contributed by atoms with Gasteiger partial charge in [0.1, 0.15) is 0 Å². The fourth-order valence-electron chi connectivity index (χ4n) is 2.62. The molecule has 1 amide bonds. The summed E-state index contributed by atoms with van der Waals surface area (Å²) >= 11 is 1.74. The van der Waals surface area contributed by atoms with Crippen LogP contribution in [-0.4, -0.2) is 17.2 Å². The molecule has 0 atom stereocenters. The summed E-state index contributed by atoms with van der Waals surface area (Å²) < 4.78 is 0. The molecule has 19 heavy (non-hydrogen) atoms. The average molecular weight is 278 g/mol. The van der Waals surface area contributed by atoms with Crippen LogP contribution in [0.4, 0.5) is 5.69 Å². The minimum Gasteiger partial charge on any atom is -0.325 e. The SMILES string of the molecule is CCSc1ccccc1NC(=O)CC1(N)CCCC1. The molecule has 1 saturated carbocycles. The standard InChI is InChI=1S/C15H22N2OS/c1-2-19-13-8-4-3-7-12(13)17-14(18)11-15(16)9-5-6-10-15/h3-4,7-8H,2,5-6,9-11,16H2,1H3,(H,17,18). The van der Waals surface area contributed by atoms with Gasteiger partial charge in [-0.2, -0.15) is 0 Å². The lowest BCUT2D eigenvalue weighted by Crippen LogP contribution is -2.40. The highest BCUT2D eigenvalue weighted by Crippen LogP contribution is 2.31. The molecule has 1 aromatic carbocycles. The second-order valence-corrected chi connectivity index (χ2v) is 6.53. The van der Waals surface area contributed by atoms with Crippen LogP contribution in [0.25, 0.3) is 0 Å². The molecule has 0 heterocycles. The first-order chi connectivity index (χ1) is 9.13. The highest BCUT2D eigenvalue weighted by Gasteiger charge is 2.31. The summed E-state index contributed by atoms with van der Waals surface area (Å²) in [5.74, 6) is 1.03. The van der Waals surface area contributed by atoms with Crippen molar-refractivity contribution in [3.8, 4) is 0 Å². The van der Waals surface area contributed by atoms with E-state index in [-0.39, 0.29) is 11.4 Å². The Morgan fingerprint density at radius 1 is 1.37 bits per heavy atom. The number of amides is 1. The number of anilines is 1. The van der Waals surface area contributed by atoms with Crippen molar-refractivity contribution in [2.24, 2.45) is 5.73 Å². The zero-order valence-corrected chi connectivity index (χ0v) is 12.3. The number of thioether (sulfide) groups is 1. The summed E-state index contributed by atoms with van der Waals surface area (Å²) in [7, 11) is 0. The van der Waals surface area contributed by atoms with Crippen molar-refractivity contribution in [3.63, 3.8) is 0 Å². The van der Waals surface area contributed by atoms with Crippen LogP contribution in [0, 0.1) is 0 Å². The zero-order valence-electron chi connectivity index (χ0n) is 11.4. The van der Waals surface area contributed by atoms with Crippen molar-refractivity contribution in [2.45, 2.75) is 49.5 Å². The normalized spacial score (nSPS) is 17.4. The summed E-state index contributed by atoms with van der Waals surface area (Å²) in [6.07, 6.45) is 4.65. The van der Waals surface area contributed by atoms with Crippen LogP contribution in [0.5, 0.6) is 0 Å². The number of hydrogen-bond donors (Lipinski definition) is 2. The van der Waals surface area contributed by atoms with E-state index in [9.17, 15) is 4.79 Å². The van der Waals surface area contributed by atoms with Crippen LogP contribution in [0.2, 0.25) is 0 Å². The number of nitrogens with one attached hydrogen (secondary N) is 1. The number of nitrogens with two attached hydrogens (primary N) is 1. The van der Waals surface area contributed by atoms with E-state index in [1.165, 1.54) is 0 Å². The molecule has 0 unspecified atom stereocenters. The highest BCUT2D eigenvalue weighted by molar-refractivity contribution is 7.99. The van der Waals surface area contributed by atoms with E-state index in [1.807, 2.05) is 24.3 Å². The second-order valence-electron chi connectivity index (χ2n) is 5.22. The minimum atomic E-state index is -0.281. The Labute approximate surface area is 119 Å². The Hall–Kier alpha value is -1.00. The second kappa shape index (κ2) is 6.44. The number of carbonyl (C=O) groups is 1. The summed E-state index contributed by atoms with van der Waals surface area (Å²) in [6.45, 7) is 2.11. The van der Waals surface area contributed by atoms with Gasteiger partial charge in [-0.3, -0.25) is 4.79 Å². The number of benzene rings is 1. The molecule has 0 spiro atoms. The summed E-state index contributed by atoms with van der Waals surface area (Å²) in [6, 6.07) is 7.93. The van der Waals surface area contributed by atoms with Crippen LogP contribution in [0.3, 0.4) is 0 Å². The van der Waals surface area contributed by atoms with Gasteiger partial charge in [0.2, 0.25) is 5.91 Å². The van der Waals surface area contributed by atoms with Crippen LogP contribution < -0.4 is 11.1 Å². The predicted molar refractivity (Wildman–Crippen MR) is 81.5 cm³/mol. The fourth-order valence-corrected chi connectivity index (χ4v) is 3.38. The molecular formula is C15H22N2OS. The van der Waals surface area contributed by atoms with Crippen molar-refractivity contribution in [1.82, 2.24) is 0 Å². The third kappa shape index (κ3) is 3.98. The molecule has 0 bridgehead atoms. The van der Waals surface area contributed by atoms with Crippen LogP contribution in [-0.2, 0) is 4.79 Å². The van der Waals surface area contributed by atoms with E-state index in [2.05, 4.69) is 12.2 Å². The Kier molecular flexibility index (Phi) is 4.88. The number of rotatable bonds is 5. The molecule has 0 radical (unpaired) electrons. The quantitative estimate of drug-likeness (QED) is 0.812. The Morgan fingerprint density at radius 3 is 2.74 bits per heavy atom. The van der Waals surface area contributed by atoms with Crippen LogP contribution >= 0.6 is 11.8 Å². The van der Waals surface area contributed by atoms with Crippen LogP contribution in [0.15, 0.2) is 29.2 Å². The van der Waals surface area contributed by atoms with Crippen molar-refractivity contribution >= 4 is 23.4 Å². The van der Waals surface area contributed by atoms with E-state index in [1.54, 1.807) is 11.8 Å². The third-order valence-corrected chi connectivity index (χ3v) is 4.53. The van der Waals surface area contributed by atoms with Crippen molar-refractivity contribution in [2.75, 3.05) is 11.1 Å². The van der Waals surface area contributed by atoms with Gasteiger partial charge in [0.25, 0.3) is 0 Å². The van der Waals surface area contributed by atoms with Gasteiger partial charge in [0.05, 0.1) is 5.69 Å². The van der Waals surface area contributed by atoms with Crippen molar-refractivity contribution < 1.29 is 4.79 Å². The van der Waals surface area contributed by atoms with E-state index < -0.39 is 0 Å². The maximum absolute atomic E-state index is 12.1. The molecule has 1 fully saturated rings. The first-order valence-corrected chi connectivity index (χ1v) is 7.92. The molecule has 4 heteroatoms. The Balaban J connectivity index is 1.98. The molecule has 0 saturated heterocycles. The monoisotopic (exact) mass is 278 g/mol. The predicted octanol–water partition coefficient (Wildman–Crippen LogP) is 3.40. The molecule has 1 aliphatic carbocycles.